The molecule has 160 valence electrons. The van der Waals surface area contributed by atoms with Crippen molar-refractivity contribution < 1.29 is 22.9 Å². The Hall–Kier alpha value is -3.64. The maximum Gasteiger partial charge on any atom is 0.269 e. The molecular formula is C19H16N4O6S2. The first kappa shape index (κ1) is 22.1. The highest BCUT2D eigenvalue weighted by molar-refractivity contribution is 7.93. The fourth-order valence-corrected chi connectivity index (χ4v) is 4.89. The van der Waals surface area contributed by atoms with Crippen LogP contribution in [0.25, 0.3) is 0 Å². The van der Waals surface area contributed by atoms with Gasteiger partial charge in [-0.1, -0.05) is 24.3 Å². The predicted molar refractivity (Wildman–Crippen MR) is 114 cm³/mol. The lowest BCUT2D eigenvalue weighted by Crippen LogP contribution is -2.13. The van der Waals surface area contributed by atoms with Crippen LogP contribution in [0, 0.1) is 10.1 Å². The van der Waals surface area contributed by atoms with Gasteiger partial charge in [-0.25, -0.2) is 13.4 Å². The van der Waals surface area contributed by atoms with Crippen LogP contribution in [0.5, 0.6) is 0 Å². The molecule has 3 rings (SSSR count). The summed E-state index contributed by atoms with van der Waals surface area (Å²) in [6.07, 6.45) is 1.40. The molecule has 1 heterocycles. The normalized spacial score (nSPS) is 11.0. The van der Waals surface area contributed by atoms with E-state index in [-0.39, 0.29) is 31.4 Å². The molecule has 0 saturated carbocycles. The van der Waals surface area contributed by atoms with Crippen molar-refractivity contribution in [3.8, 4) is 0 Å². The van der Waals surface area contributed by atoms with Gasteiger partial charge in [-0.15, -0.1) is 0 Å². The first-order valence-corrected chi connectivity index (χ1v) is 11.2. The smallest absolute Gasteiger partial charge is 0.269 e. The summed E-state index contributed by atoms with van der Waals surface area (Å²) in [5, 5.41) is 16.0. The number of nitro groups is 1. The molecule has 0 fully saturated rings. The minimum Gasteiger partial charge on any atom is -0.326 e. The molecule has 0 bridgehead atoms. The topological polar surface area (TPSA) is 148 Å². The Morgan fingerprint density at radius 1 is 1.13 bits per heavy atom. The number of rotatable bonds is 7. The number of benzene rings is 2. The number of anilines is 2. The van der Waals surface area contributed by atoms with E-state index in [1.807, 2.05) is 0 Å². The molecule has 0 radical (unpaired) electrons. The highest BCUT2D eigenvalue weighted by atomic mass is 32.2. The number of hydrogen-bond acceptors (Lipinski definition) is 8. The number of sulfone groups is 1. The highest BCUT2D eigenvalue weighted by Gasteiger charge is 2.22. The maximum absolute atomic E-state index is 12.7. The van der Waals surface area contributed by atoms with Crippen LogP contribution in [0.1, 0.15) is 23.7 Å². The van der Waals surface area contributed by atoms with E-state index < -0.39 is 20.7 Å². The summed E-state index contributed by atoms with van der Waals surface area (Å²) in [5.41, 5.74) is 0.484. The molecule has 0 saturated heterocycles. The first-order valence-electron chi connectivity index (χ1n) is 8.87. The molecule has 1 aromatic heterocycles. The van der Waals surface area contributed by atoms with Crippen molar-refractivity contribution in [1.29, 1.82) is 0 Å². The molecular weight excluding hydrogens is 444 g/mol. The van der Waals surface area contributed by atoms with E-state index in [2.05, 4.69) is 15.6 Å². The highest BCUT2D eigenvalue weighted by Crippen LogP contribution is 2.29. The Labute approximate surface area is 181 Å². The van der Waals surface area contributed by atoms with Gasteiger partial charge in [-0.3, -0.25) is 25.0 Å². The van der Waals surface area contributed by atoms with Crippen molar-refractivity contribution in [2.45, 2.75) is 22.4 Å². The number of carbonyl (C=O) groups is 2. The summed E-state index contributed by atoms with van der Waals surface area (Å²) < 4.78 is 25.3. The van der Waals surface area contributed by atoms with Gasteiger partial charge in [0.2, 0.25) is 15.7 Å². The number of nitrogens with one attached hydrogen (secondary N) is 2. The molecule has 31 heavy (non-hydrogen) atoms. The second kappa shape index (κ2) is 9.02. The van der Waals surface area contributed by atoms with Crippen LogP contribution in [0.15, 0.2) is 63.8 Å². The quantitative estimate of drug-likeness (QED) is 0.405. The van der Waals surface area contributed by atoms with Crippen LogP contribution in [-0.2, 0) is 14.6 Å². The molecule has 0 spiro atoms. The van der Waals surface area contributed by atoms with E-state index in [1.165, 1.54) is 6.07 Å². The van der Waals surface area contributed by atoms with Crippen molar-refractivity contribution >= 4 is 49.5 Å². The van der Waals surface area contributed by atoms with Crippen LogP contribution < -0.4 is 10.6 Å². The van der Waals surface area contributed by atoms with Crippen LogP contribution in [-0.4, -0.2) is 30.1 Å². The zero-order valence-electron chi connectivity index (χ0n) is 16.1. The Morgan fingerprint density at radius 2 is 1.84 bits per heavy atom. The van der Waals surface area contributed by atoms with Gasteiger partial charge in [0.25, 0.3) is 11.6 Å². The second-order valence-electron chi connectivity index (χ2n) is 6.18. The number of nitro benzene ring substituents is 1. The van der Waals surface area contributed by atoms with Gasteiger partial charge in [0.15, 0.2) is 5.13 Å². The summed E-state index contributed by atoms with van der Waals surface area (Å²) in [6.45, 7) is 1.71. The van der Waals surface area contributed by atoms with Crippen molar-refractivity contribution in [3.05, 3.63) is 70.4 Å². The van der Waals surface area contributed by atoms with E-state index in [4.69, 9.17) is 0 Å². The third kappa shape index (κ3) is 5.10. The molecule has 10 nitrogen and oxygen atoms in total. The van der Waals surface area contributed by atoms with Gasteiger partial charge >= 0.3 is 0 Å². The largest absolute Gasteiger partial charge is 0.326 e. The molecule has 0 aliphatic heterocycles. The number of amides is 2. The standard InChI is InChI=1S/C19H16N4O6S2/c1-2-16(24)21-13-5-3-4-12(10-13)18(25)22-19-20-11-17(30-19)31(28,29)15-8-6-14(7-9-15)23(26)27/h3-11H,2H2,1H3,(H,21,24)(H,20,22,25). The molecule has 3 aromatic rings. The van der Waals surface area contributed by atoms with Crippen LogP contribution in [0.4, 0.5) is 16.5 Å². The fraction of sp³-hybridized carbons (Fsp3) is 0.105. The number of nitrogens with zero attached hydrogens (tertiary/aromatic N) is 2. The predicted octanol–water partition coefficient (Wildman–Crippen LogP) is 3.48. The Bertz CT molecular complexity index is 1250. The van der Waals surface area contributed by atoms with Crippen LogP contribution in [0.2, 0.25) is 0 Å². The van der Waals surface area contributed by atoms with E-state index >= 15 is 0 Å². The van der Waals surface area contributed by atoms with E-state index in [0.29, 0.717) is 12.1 Å². The zero-order valence-corrected chi connectivity index (χ0v) is 17.7. The summed E-state index contributed by atoms with van der Waals surface area (Å²) >= 11 is 0.752. The molecule has 2 amide bonds. The molecule has 0 aliphatic rings. The molecule has 2 aromatic carbocycles. The van der Waals surface area contributed by atoms with Gasteiger partial charge in [0.1, 0.15) is 4.21 Å². The fourth-order valence-electron chi connectivity index (χ4n) is 2.46. The van der Waals surface area contributed by atoms with E-state index in [9.17, 15) is 28.1 Å². The molecule has 0 aliphatic carbocycles. The third-order valence-electron chi connectivity index (χ3n) is 4.06. The second-order valence-corrected chi connectivity index (χ2v) is 9.38. The number of thiazole rings is 1. The summed E-state index contributed by atoms with van der Waals surface area (Å²) in [5.74, 6) is -0.722. The summed E-state index contributed by atoms with van der Waals surface area (Å²) in [6, 6.07) is 10.8. The van der Waals surface area contributed by atoms with Gasteiger partial charge in [-0.05, 0) is 30.3 Å². The van der Waals surface area contributed by atoms with Crippen molar-refractivity contribution in [1.82, 2.24) is 4.98 Å². The zero-order chi connectivity index (χ0) is 22.6. The number of carbonyl (C=O) groups excluding carboxylic acids is 2. The number of aromatic nitrogens is 1. The molecule has 0 atom stereocenters. The van der Waals surface area contributed by atoms with Crippen molar-refractivity contribution in [3.63, 3.8) is 0 Å². The van der Waals surface area contributed by atoms with Gasteiger partial charge in [-0.2, -0.15) is 0 Å². The molecule has 12 heteroatoms. The maximum atomic E-state index is 12.7. The molecule has 2 N–H and O–H groups in total. The van der Waals surface area contributed by atoms with Crippen molar-refractivity contribution in [2.24, 2.45) is 0 Å². The van der Waals surface area contributed by atoms with E-state index in [0.717, 1.165) is 41.8 Å². The SMILES string of the molecule is CCC(=O)Nc1cccc(C(=O)Nc2ncc(S(=O)(=O)c3ccc([N+](=O)[O-])cc3)s2)c1. The Kier molecular flexibility index (Phi) is 6.42. The summed E-state index contributed by atoms with van der Waals surface area (Å²) in [4.78, 5) is 37.9. The van der Waals surface area contributed by atoms with Gasteiger partial charge in [0.05, 0.1) is 16.0 Å². The average molecular weight is 460 g/mol. The monoisotopic (exact) mass is 460 g/mol. The summed E-state index contributed by atoms with van der Waals surface area (Å²) in [7, 11) is -3.95. The lowest BCUT2D eigenvalue weighted by atomic mass is 10.2. The lowest BCUT2D eigenvalue weighted by molar-refractivity contribution is -0.384. The van der Waals surface area contributed by atoms with Gasteiger partial charge < -0.3 is 5.32 Å². The minimum atomic E-state index is -3.95. The Balaban J connectivity index is 1.76. The average Bonchev–Trinajstić information content (AvgIpc) is 3.23. The number of non-ortho nitro benzene ring substituents is 1. The lowest BCUT2D eigenvalue weighted by Gasteiger charge is -2.06. The first-order chi connectivity index (χ1) is 14.7. The Morgan fingerprint density at radius 3 is 2.48 bits per heavy atom. The minimum absolute atomic E-state index is 0.0634. The van der Waals surface area contributed by atoms with Crippen LogP contribution in [0.3, 0.4) is 0 Å². The van der Waals surface area contributed by atoms with Crippen LogP contribution >= 0.6 is 11.3 Å². The van der Waals surface area contributed by atoms with E-state index in [1.54, 1.807) is 25.1 Å². The van der Waals surface area contributed by atoms with Crippen molar-refractivity contribution in [2.75, 3.05) is 10.6 Å². The number of hydrogen-bond donors (Lipinski definition) is 2. The third-order valence-corrected chi connectivity index (χ3v) is 7.20. The molecule has 0 unspecified atom stereocenters. The van der Waals surface area contributed by atoms with Gasteiger partial charge in [0, 0.05) is 29.8 Å².